The fourth-order valence-corrected chi connectivity index (χ4v) is 4.76. The minimum Gasteiger partial charge on any atom is -0.378 e. The molecule has 6 nitrogen and oxygen atoms in total. The molecule has 4 heterocycles. The molecule has 1 fully saturated rings. The summed E-state index contributed by atoms with van der Waals surface area (Å²) < 4.78 is 34.8. The number of ether oxygens (including phenoxy) is 1. The van der Waals surface area contributed by atoms with Crippen LogP contribution >= 0.6 is 11.6 Å². The van der Waals surface area contributed by atoms with Gasteiger partial charge in [0.1, 0.15) is 0 Å². The SMILES string of the molecule is FC(F)c1cc2c(cc1Cl)CCCN2c1nc(N2CCOCC2)n2c1CNCC2. The van der Waals surface area contributed by atoms with E-state index in [1.54, 1.807) is 12.1 Å². The molecule has 1 saturated heterocycles. The number of imidazole rings is 1. The maximum Gasteiger partial charge on any atom is 0.265 e. The van der Waals surface area contributed by atoms with E-state index in [0.29, 0.717) is 19.8 Å². The highest BCUT2D eigenvalue weighted by Gasteiger charge is 2.31. The van der Waals surface area contributed by atoms with Gasteiger partial charge in [-0.15, -0.1) is 0 Å². The Hall–Kier alpha value is -1.90. The van der Waals surface area contributed by atoms with Crippen LogP contribution in [0, 0.1) is 0 Å². The fourth-order valence-electron chi connectivity index (χ4n) is 4.50. The first-order valence-electron chi connectivity index (χ1n) is 10.1. The molecule has 0 radical (unpaired) electrons. The standard InChI is InChI=1S/C20H24ClF2N5O/c21-15-10-13-2-1-4-27(16(13)11-14(15)18(22)23)19-17-12-24-3-5-28(17)20(25-19)26-6-8-29-9-7-26/h10-11,18,24H,1-9,12H2. The van der Waals surface area contributed by atoms with Gasteiger partial charge in [-0.1, -0.05) is 11.6 Å². The van der Waals surface area contributed by atoms with Crippen LogP contribution in [-0.2, 0) is 24.2 Å². The van der Waals surface area contributed by atoms with E-state index in [1.165, 1.54) is 0 Å². The monoisotopic (exact) mass is 423 g/mol. The van der Waals surface area contributed by atoms with E-state index in [-0.39, 0.29) is 10.6 Å². The molecule has 0 amide bonds. The number of anilines is 3. The van der Waals surface area contributed by atoms with Crippen LogP contribution < -0.4 is 15.1 Å². The summed E-state index contributed by atoms with van der Waals surface area (Å²) in [6.45, 7) is 6.21. The quantitative estimate of drug-likeness (QED) is 0.818. The highest BCUT2D eigenvalue weighted by Crippen LogP contribution is 2.41. The molecule has 1 aromatic heterocycles. The molecule has 0 atom stereocenters. The van der Waals surface area contributed by atoms with Crippen LogP contribution in [0.4, 0.5) is 26.2 Å². The van der Waals surface area contributed by atoms with Crippen LogP contribution in [0.25, 0.3) is 0 Å². The van der Waals surface area contributed by atoms with Crippen molar-refractivity contribution in [2.24, 2.45) is 0 Å². The molecule has 0 spiro atoms. The van der Waals surface area contributed by atoms with E-state index >= 15 is 0 Å². The van der Waals surface area contributed by atoms with Gasteiger partial charge in [-0.2, -0.15) is 4.98 Å². The molecule has 0 aliphatic carbocycles. The predicted octanol–water partition coefficient (Wildman–Crippen LogP) is 3.50. The van der Waals surface area contributed by atoms with E-state index in [9.17, 15) is 8.78 Å². The van der Waals surface area contributed by atoms with Crippen molar-refractivity contribution in [3.8, 4) is 0 Å². The highest BCUT2D eigenvalue weighted by atomic mass is 35.5. The maximum absolute atomic E-state index is 13.5. The number of fused-ring (bicyclic) bond motifs is 2. The lowest BCUT2D eigenvalue weighted by atomic mass is 9.99. The van der Waals surface area contributed by atoms with Crippen molar-refractivity contribution in [2.45, 2.75) is 32.4 Å². The van der Waals surface area contributed by atoms with Gasteiger partial charge < -0.3 is 24.4 Å². The Morgan fingerprint density at radius 2 is 1.97 bits per heavy atom. The summed E-state index contributed by atoms with van der Waals surface area (Å²) in [7, 11) is 0. The number of hydrogen-bond donors (Lipinski definition) is 1. The van der Waals surface area contributed by atoms with Gasteiger partial charge in [0.25, 0.3) is 6.43 Å². The van der Waals surface area contributed by atoms with Crippen molar-refractivity contribution in [2.75, 3.05) is 49.2 Å². The molecule has 2 aromatic rings. The summed E-state index contributed by atoms with van der Waals surface area (Å²) >= 11 is 6.12. The first-order valence-corrected chi connectivity index (χ1v) is 10.5. The summed E-state index contributed by atoms with van der Waals surface area (Å²) in [5.41, 5.74) is 2.80. The molecule has 0 unspecified atom stereocenters. The van der Waals surface area contributed by atoms with Gasteiger partial charge in [-0.05, 0) is 30.5 Å². The highest BCUT2D eigenvalue weighted by molar-refractivity contribution is 6.31. The van der Waals surface area contributed by atoms with Crippen molar-refractivity contribution in [1.82, 2.24) is 14.9 Å². The number of rotatable bonds is 3. The largest absolute Gasteiger partial charge is 0.378 e. The predicted molar refractivity (Wildman–Crippen MR) is 109 cm³/mol. The van der Waals surface area contributed by atoms with Gasteiger partial charge >= 0.3 is 0 Å². The molecule has 3 aliphatic rings. The van der Waals surface area contributed by atoms with Crippen LogP contribution in [0.5, 0.6) is 0 Å². The number of benzene rings is 1. The number of nitrogens with zero attached hydrogens (tertiary/aromatic N) is 4. The van der Waals surface area contributed by atoms with Crippen LogP contribution in [0.3, 0.4) is 0 Å². The smallest absolute Gasteiger partial charge is 0.265 e. The Kier molecular flexibility index (Phi) is 5.09. The normalized spacial score (nSPS) is 19.4. The van der Waals surface area contributed by atoms with Gasteiger partial charge in [0.2, 0.25) is 5.95 Å². The molecule has 5 rings (SSSR count). The number of nitrogens with one attached hydrogen (secondary N) is 1. The maximum atomic E-state index is 13.5. The van der Waals surface area contributed by atoms with Crippen LogP contribution in [0.1, 0.15) is 29.7 Å². The molecule has 1 N–H and O–H groups in total. The van der Waals surface area contributed by atoms with Crippen molar-refractivity contribution >= 4 is 29.1 Å². The van der Waals surface area contributed by atoms with E-state index in [4.69, 9.17) is 21.3 Å². The number of aromatic nitrogens is 2. The Morgan fingerprint density at radius 3 is 2.76 bits per heavy atom. The van der Waals surface area contributed by atoms with Gasteiger partial charge in [0.15, 0.2) is 5.82 Å². The summed E-state index contributed by atoms with van der Waals surface area (Å²) in [5.74, 6) is 1.82. The van der Waals surface area contributed by atoms with Crippen molar-refractivity contribution < 1.29 is 13.5 Å². The Labute approximate surface area is 173 Å². The van der Waals surface area contributed by atoms with Crippen LogP contribution in [0.2, 0.25) is 5.02 Å². The summed E-state index contributed by atoms with van der Waals surface area (Å²) in [5, 5.41) is 3.57. The van der Waals surface area contributed by atoms with Crippen LogP contribution in [-0.4, -0.2) is 48.9 Å². The molecule has 0 bridgehead atoms. The van der Waals surface area contributed by atoms with Crippen molar-refractivity contribution in [1.29, 1.82) is 0 Å². The lowest BCUT2D eigenvalue weighted by Gasteiger charge is -2.32. The molecule has 3 aliphatic heterocycles. The van der Waals surface area contributed by atoms with E-state index in [0.717, 1.165) is 74.3 Å². The zero-order valence-corrected chi connectivity index (χ0v) is 16.9. The minimum atomic E-state index is -2.60. The minimum absolute atomic E-state index is 0.114. The first kappa shape index (κ1) is 19.1. The molecule has 9 heteroatoms. The number of morpholine rings is 1. The molecule has 1 aromatic carbocycles. The summed E-state index contributed by atoms with van der Waals surface area (Å²) in [6, 6.07) is 3.26. The molecular formula is C20H24ClF2N5O. The molecule has 0 saturated carbocycles. The Morgan fingerprint density at radius 1 is 1.14 bits per heavy atom. The second-order valence-corrected chi connectivity index (χ2v) is 8.08. The number of halogens is 3. The number of alkyl halides is 2. The number of aryl methyl sites for hydroxylation is 1. The average Bonchev–Trinajstić information content (AvgIpc) is 3.13. The van der Waals surface area contributed by atoms with Crippen molar-refractivity contribution in [3.05, 3.63) is 34.0 Å². The average molecular weight is 424 g/mol. The van der Waals surface area contributed by atoms with Crippen LogP contribution in [0.15, 0.2) is 12.1 Å². The van der Waals surface area contributed by atoms with E-state index in [1.807, 2.05) is 0 Å². The van der Waals surface area contributed by atoms with E-state index < -0.39 is 6.43 Å². The summed E-state index contributed by atoms with van der Waals surface area (Å²) in [6.07, 6.45) is -0.831. The third-order valence-electron chi connectivity index (χ3n) is 5.94. The summed E-state index contributed by atoms with van der Waals surface area (Å²) in [4.78, 5) is 9.40. The third-order valence-corrected chi connectivity index (χ3v) is 6.26. The molecular weight excluding hydrogens is 400 g/mol. The van der Waals surface area contributed by atoms with E-state index in [2.05, 4.69) is 19.7 Å². The fraction of sp³-hybridized carbons (Fsp3) is 0.550. The molecule has 156 valence electrons. The Bertz CT molecular complexity index is 913. The number of hydrogen-bond acceptors (Lipinski definition) is 5. The van der Waals surface area contributed by atoms with Gasteiger partial charge in [0.05, 0.1) is 18.9 Å². The Balaban J connectivity index is 1.60. The van der Waals surface area contributed by atoms with Crippen molar-refractivity contribution in [3.63, 3.8) is 0 Å². The second kappa shape index (κ2) is 7.74. The topological polar surface area (TPSA) is 45.6 Å². The first-order chi connectivity index (χ1) is 14.1. The second-order valence-electron chi connectivity index (χ2n) is 7.67. The third kappa shape index (κ3) is 3.37. The molecule has 29 heavy (non-hydrogen) atoms. The zero-order chi connectivity index (χ0) is 20.0. The van der Waals surface area contributed by atoms with Gasteiger partial charge in [-0.25, -0.2) is 8.78 Å². The lowest BCUT2D eigenvalue weighted by molar-refractivity contribution is 0.121. The van der Waals surface area contributed by atoms with Gasteiger partial charge in [-0.3, -0.25) is 0 Å². The zero-order valence-electron chi connectivity index (χ0n) is 16.1. The lowest BCUT2D eigenvalue weighted by Crippen LogP contribution is -2.39. The van der Waals surface area contributed by atoms with Gasteiger partial charge in [0, 0.05) is 55.5 Å².